The molecule has 0 fully saturated rings. The molecule has 0 saturated heterocycles. The molecule has 0 aromatic heterocycles. The minimum atomic E-state index is -5.17. The maximum atomic E-state index is 9.63. The Labute approximate surface area is 127 Å². The van der Waals surface area contributed by atoms with Crippen molar-refractivity contribution in [2.45, 2.75) is 12.2 Å². The summed E-state index contributed by atoms with van der Waals surface area (Å²) >= 11 is 0. The maximum absolute atomic E-state index is 9.63. The minimum Gasteiger partial charge on any atom is -0.759 e. The first-order chi connectivity index (χ1) is 8.46. The van der Waals surface area contributed by atoms with Crippen molar-refractivity contribution in [1.29, 1.82) is 0 Å². The molecule has 0 aliphatic heterocycles. The molecule has 21 heavy (non-hydrogen) atoms. The second kappa shape index (κ2) is 11.7. The van der Waals surface area contributed by atoms with Crippen molar-refractivity contribution in [3.63, 3.8) is 0 Å². The summed E-state index contributed by atoms with van der Waals surface area (Å²) < 4.78 is 68.2. The summed E-state index contributed by atoms with van der Waals surface area (Å²) in [6.45, 7) is 0. The molecule has 0 aromatic rings. The van der Waals surface area contributed by atoms with Gasteiger partial charge in [-0.25, -0.2) is 0 Å². The average molecular weight is 396 g/mol. The van der Waals surface area contributed by atoms with Gasteiger partial charge >= 0.3 is 17.1 Å². The Morgan fingerprint density at radius 2 is 0.810 bits per heavy atom. The molecule has 0 amide bonds. The van der Waals surface area contributed by atoms with E-state index in [1.165, 1.54) is 0 Å². The first-order valence-corrected chi connectivity index (χ1v) is 6.24. The zero-order chi connectivity index (χ0) is 17.3. The Hall–Kier alpha value is -0.881. The summed E-state index contributed by atoms with van der Waals surface area (Å²) in [6, 6.07) is 0. The molecule has 17 heteroatoms. The van der Waals surface area contributed by atoms with E-state index in [9.17, 15) is 19.8 Å². The van der Waals surface area contributed by atoms with Crippen molar-refractivity contribution in [3.8, 4) is 0 Å². The van der Waals surface area contributed by atoms with Gasteiger partial charge < -0.3 is 48.2 Å². The maximum Gasteiger partial charge on any atom is 6.00 e. The number of aliphatic hydroxyl groups is 2. The third-order valence-corrected chi connectivity index (χ3v) is 0.782. The summed E-state index contributed by atoms with van der Waals surface area (Å²) in [7, 11) is -10.3. The predicted molar refractivity (Wildman–Crippen MR) is 43.0 cm³/mol. The fourth-order valence-electron chi connectivity index (χ4n) is 0.258. The van der Waals surface area contributed by atoms with Crippen molar-refractivity contribution >= 4 is 32.7 Å². The zero-order valence-electron chi connectivity index (χ0n) is 9.12. The number of carboxylic acids is 2. The van der Waals surface area contributed by atoms with Gasteiger partial charge in [-0.3, -0.25) is 16.8 Å². The molecule has 0 aliphatic rings. The Kier molecular flexibility index (Phi) is 15.8. The smallest absolute Gasteiger partial charge is 0.759 e. The first kappa shape index (κ1) is 28.3. The number of carboxylic acid groups (broad SMARTS) is 2. The van der Waals surface area contributed by atoms with Crippen LogP contribution in [0.25, 0.3) is 0 Å². The van der Waals surface area contributed by atoms with Gasteiger partial charge in [0.25, 0.3) is 0 Å². The molecule has 2 atom stereocenters. The van der Waals surface area contributed by atoms with Crippen molar-refractivity contribution in [2.75, 3.05) is 0 Å². The van der Waals surface area contributed by atoms with Gasteiger partial charge in [-0.05, 0) is 0 Å². The summed E-state index contributed by atoms with van der Waals surface area (Å²) in [6.07, 6.45) is -4.88. The molecule has 0 heterocycles. The molecule has 2 N–H and O–H groups in total. The molecule has 2 unspecified atom stereocenters. The van der Waals surface area contributed by atoms with Crippen LogP contribution in [-0.2, 0) is 47.5 Å². The van der Waals surface area contributed by atoms with Crippen molar-refractivity contribution in [1.82, 2.24) is 0 Å². The topological polar surface area (TPSA) is 281 Å². The van der Waals surface area contributed by atoms with Crippen LogP contribution in [0.1, 0.15) is 0 Å². The molecule has 14 nitrogen and oxygen atoms in total. The van der Waals surface area contributed by atoms with Gasteiger partial charge in [-0.1, -0.05) is 0 Å². The van der Waals surface area contributed by atoms with Crippen LogP contribution >= 0.6 is 0 Å². The van der Waals surface area contributed by atoms with Crippen LogP contribution in [-0.4, -0.2) is 69.4 Å². The van der Waals surface area contributed by atoms with Crippen LogP contribution in [0.4, 0.5) is 0 Å². The monoisotopic (exact) mass is 396 g/mol. The number of hydrogen-bond acceptors (Lipinski definition) is 14. The van der Waals surface area contributed by atoms with Crippen molar-refractivity contribution in [2.24, 2.45) is 0 Å². The standard InChI is InChI=1S/C4H6O6.Fe.2H2O4S/c5-1(3(7)8)2(6)4(9)10;;2*1-5(2,3)4/h1-2,5-6H,(H,7,8)(H,9,10);;2*(H2,1,2,3,4)/q;+6;;/p-6. The fraction of sp³-hybridized carbons (Fsp3) is 0.500. The predicted octanol–water partition coefficient (Wildman–Crippen LogP) is -7.47. The van der Waals surface area contributed by atoms with E-state index in [0.717, 1.165) is 0 Å². The van der Waals surface area contributed by atoms with Gasteiger partial charge in [0.15, 0.2) is 0 Å². The second-order valence-corrected chi connectivity index (χ2v) is 3.98. The molecule has 0 aliphatic carbocycles. The first-order valence-electron chi connectivity index (χ1n) is 3.58. The van der Waals surface area contributed by atoms with Crippen LogP contribution in [0, 0.1) is 0 Å². The second-order valence-electron chi connectivity index (χ2n) is 2.34. The normalized spacial score (nSPS) is 13.0. The summed E-state index contributed by atoms with van der Waals surface area (Å²) in [5.74, 6) is -4.12. The molecule has 0 spiro atoms. The van der Waals surface area contributed by atoms with Crippen LogP contribution < -0.4 is 10.2 Å². The Bertz CT molecular complexity index is 441. The number of carbonyl (C=O) groups is 2. The van der Waals surface area contributed by atoms with Gasteiger partial charge in [0, 0.05) is 20.8 Å². The van der Waals surface area contributed by atoms with Gasteiger partial charge in [-0.15, -0.1) is 0 Å². The molecule has 0 saturated carbocycles. The summed E-state index contributed by atoms with van der Waals surface area (Å²) in [5.41, 5.74) is 0. The van der Waals surface area contributed by atoms with Crippen molar-refractivity contribution < 1.29 is 82.1 Å². The van der Waals surface area contributed by atoms with Crippen LogP contribution in [0.15, 0.2) is 0 Å². The number of aliphatic carboxylic acids is 2. The number of carbonyl (C=O) groups excluding carboxylic acids is 2. The van der Waals surface area contributed by atoms with E-state index >= 15 is 0 Å². The quantitative estimate of drug-likeness (QED) is 0.254. The SMILES string of the molecule is O=C([O-])C(O)C(O)C(=O)[O-].O=S(=O)([O-])[O-].O=S(=O)([O-])[O-].[Fe+6]. The largest absolute Gasteiger partial charge is 6.00 e. The molecule has 0 radical (unpaired) electrons. The van der Waals surface area contributed by atoms with Crippen LogP contribution in [0.3, 0.4) is 0 Å². The third-order valence-electron chi connectivity index (χ3n) is 0.782. The molecule has 0 rings (SSSR count). The third kappa shape index (κ3) is 45.3. The van der Waals surface area contributed by atoms with Gasteiger partial charge in [-0.2, -0.15) is 0 Å². The van der Waals surface area contributed by atoms with E-state index in [1.807, 2.05) is 0 Å². The number of rotatable bonds is 3. The van der Waals surface area contributed by atoms with Gasteiger partial charge in [0.1, 0.15) is 12.2 Å². The Morgan fingerprint density at radius 3 is 0.857 bits per heavy atom. The van der Waals surface area contributed by atoms with E-state index in [4.69, 9.17) is 45.3 Å². The van der Waals surface area contributed by atoms with E-state index < -0.39 is 44.9 Å². The zero-order valence-corrected chi connectivity index (χ0v) is 11.9. The van der Waals surface area contributed by atoms with E-state index in [-0.39, 0.29) is 17.1 Å². The van der Waals surface area contributed by atoms with Crippen molar-refractivity contribution in [3.05, 3.63) is 0 Å². The molecule has 0 bridgehead atoms. The molecular weight excluding hydrogens is 392 g/mol. The van der Waals surface area contributed by atoms with Gasteiger partial charge in [0.05, 0.1) is 11.9 Å². The van der Waals surface area contributed by atoms with E-state index in [0.29, 0.717) is 0 Å². The molecule has 0 aromatic carbocycles. The molecular formula is C4H4FeO14S2. The fourth-order valence-corrected chi connectivity index (χ4v) is 0.258. The minimum absolute atomic E-state index is 0. The van der Waals surface area contributed by atoms with Crippen LogP contribution in [0.2, 0.25) is 0 Å². The average Bonchev–Trinajstić information content (AvgIpc) is 2.09. The summed E-state index contributed by atoms with van der Waals surface area (Å²) in [4.78, 5) is 19.3. The molecule has 124 valence electrons. The summed E-state index contributed by atoms with van der Waals surface area (Å²) in [5, 5.41) is 35.7. The van der Waals surface area contributed by atoms with E-state index in [2.05, 4.69) is 0 Å². The van der Waals surface area contributed by atoms with Gasteiger partial charge in [0.2, 0.25) is 0 Å². The number of hydrogen-bond donors (Lipinski definition) is 2. The Morgan fingerprint density at radius 1 is 0.714 bits per heavy atom. The van der Waals surface area contributed by atoms with E-state index in [1.54, 1.807) is 0 Å². The Balaban J connectivity index is -0.000000112. The number of aliphatic hydroxyl groups excluding tert-OH is 2. The van der Waals surface area contributed by atoms with Crippen LogP contribution in [0.5, 0.6) is 0 Å².